The Kier molecular flexibility index (Phi) is 5.37. The molecule has 0 bridgehead atoms. The molecule has 1 aromatic carbocycles. The summed E-state index contributed by atoms with van der Waals surface area (Å²) in [5.41, 5.74) is 3.91. The minimum Gasteiger partial charge on any atom is -0.444 e. The van der Waals surface area contributed by atoms with Gasteiger partial charge in [0.05, 0.1) is 12.2 Å². The maximum absolute atomic E-state index is 11.7. The average molecular weight is 312 g/mol. The summed E-state index contributed by atoms with van der Waals surface area (Å²) in [5, 5.41) is 2.74. The topological polar surface area (TPSA) is 51.2 Å². The molecule has 0 aliphatic heterocycles. The van der Waals surface area contributed by atoms with Gasteiger partial charge < -0.3 is 10.1 Å². The summed E-state index contributed by atoms with van der Waals surface area (Å²) in [4.78, 5) is 16.0. The molecule has 0 fully saturated rings. The number of amides is 1. The third-order valence-corrected chi connectivity index (χ3v) is 3.34. The van der Waals surface area contributed by atoms with Crippen LogP contribution in [0, 0.1) is 0 Å². The first kappa shape index (κ1) is 17.0. The number of hydrogen-bond acceptors (Lipinski definition) is 3. The fourth-order valence-corrected chi connectivity index (χ4v) is 2.33. The van der Waals surface area contributed by atoms with Crippen LogP contribution in [-0.2, 0) is 17.7 Å². The maximum atomic E-state index is 11.7. The number of hydrogen-bond donors (Lipinski definition) is 1. The van der Waals surface area contributed by atoms with Gasteiger partial charge in [0.2, 0.25) is 0 Å². The Hall–Kier alpha value is -2.36. The van der Waals surface area contributed by atoms with Crippen molar-refractivity contribution >= 4 is 6.09 Å². The first-order chi connectivity index (χ1) is 10.9. The Morgan fingerprint density at radius 3 is 2.65 bits per heavy atom. The standard InChI is InChI=1S/C19H24N2O2/c1-5-14-8-6-7-9-17(14)15-10-11-20-16(12-15)13-21-18(22)23-19(2,3)4/h6-12H,5,13H2,1-4H3,(H,21,22). The number of benzene rings is 1. The van der Waals surface area contributed by atoms with Gasteiger partial charge in [0.25, 0.3) is 0 Å². The van der Waals surface area contributed by atoms with Crippen molar-refractivity contribution in [2.45, 2.75) is 46.3 Å². The van der Waals surface area contributed by atoms with Gasteiger partial charge in [-0.2, -0.15) is 0 Å². The Bertz CT molecular complexity index is 675. The van der Waals surface area contributed by atoms with Crippen molar-refractivity contribution in [3.63, 3.8) is 0 Å². The molecule has 122 valence electrons. The van der Waals surface area contributed by atoms with Crippen LogP contribution >= 0.6 is 0 Å². The number of aryl methyl sites for hydroxylation is 1. The number of aromatic nitrogens is 1. The quantitative estimate of drug-likeness (QED) is 0.914. The SMILES string of the molecule is CCc1ccccc1-c1ccnc(CNC(=O)OC(C)(C)C)c1. The summed E-state index contributed by atoms with van der Waals surface area (Å²) in [7, 11) is 0. The predicted octanol–water partition coefficient (Wildman–Crippen LogP) is 4.34. The summed E-state index contributed by atoms with van der Waals surface area (Å²) in [6, 6.07) is 12.3. The van der Waals surface area contributed by atoms with Gasteiger partial charge in [-0.15, -0.1) is 0 Å². The highest BCUT2D eigenvalue weighted by atomic mass is 16.6. The van der Waals surface area contributed by atoms with Crippen LogP contribution < -0.4 is 5.32 Å². The summed E-state index contributed by atoms with van der Waals surface area (Å²) < 4.78 is 5.23. The summed E-state index contributed by atoms with van der Waals surface area (Å²) in [5.74, 6) is 0. The molecule has 23 heavy (non-hydrogen) atoms. The first-order valence-corrected chi connectivity index (χ1v) is 7.89. The molecule has 0 spiro atoms. The Labute approximate surface area is 137 Å². The van der Waals surface area contributed by atoms with Gasteiger partial charge in [0, 0.05) is 6.20 Å². The average Bonchev–Trinajstić information content (AvgIpc) is 2.51. The number of alkyl carbamates (subject to hydrolysis) is 1. The van der Waals surface area contributed by atoms with Crippen LogP contribution in [0.2, 0.25) is 0 Å². The normalized spacial score (nSPS) is 11.1. The minimum absolute atomic E-state index is 0.344. The second-order valence-corrected chi connectivity index (χ2v) is 6.40. The lowest BCUT2D eigenvalue weighted by molar-refractivity contribution is 0.0523. The third-order valence-electron chi connectivity index (χ3n) is 3.34. The lowest BCUT2D eigenvalue weighted by Crippen LogP contribution is -2.32. The van der Waals surface area contributed by atoms with Crippen LogP contribution in [0.5, 0.6) is 0 Å². The molecule has 4 heteroatoms. The fraction of sp³-hybridized carbons (Fsp3) is 0.368. The van der Waals surface area contributed by atoms with Crippen LogP contribution in [0.1, 0.15) is 39.0 Å². The van der Waals surface area contributed by atoms with Gasteiger partial charge in [-0.05, 0) is 56.0 Å². The van der Waals surface area contributed by atoms with E-state index in [2.05, 4.69) is 35.4 Å². The minimum atomic E-state index is -0.501. The van der Waals surface area contributed by atoms with Gasteiger partial charge in [-0.3, -0.25) is 4.98 Å². The Morgan fingerprint density at radius 2 is 1.96 bits per heavy atom. The van der Waals surface area contributed by atoms with Crippen molar-refractivity contribution < 1.29 is 9.53 Å². The van der Waals surface area contributed by atoms with E-state index in [4.69, 9.17) is 4.74 Å². The van der Waals surface area contributed by atoms with E-state index < -0.39 is 11.7 Å². The van der Waals surface area contributed by atoms with Gasteiger partial charge in [0.1, 0.15) is 5.60 Å². The zero-order valence-corrected chi connectivity index (χ0v) is 14.2. The van der Waals surface area contributed by atoms with Crippen LogP contribution in [-0.4, -0.2) is 16.7 Å². The Balaban J connectivity index is 2.10. The van der Waals surface area contributed by atoms with Gasteiger partial charge in [-0.1, -0.05) is 31.2 Å². The number of rotatable bonds is 4. The van der Waals surface area contributed by atoms with Gasteiger partial charge in [-0.25, -0.2) is 4.79 Å². The van der Waals surface area contributed by atoms with Gasteiger partial charge >= 0.3 is 6.09 Å². The lowest BCUT2D eigenvalue weighted by atomic mass is 9.98. The lowest BCUT2D eigenvalue weighted by Gasteiger charge is -2.19. The molecule has 1 amide bonds. The van der Waals surface area contributed by atoms with Crippen molar-refractivity contribution in [2.24, 2.45) is 0 Å². The molecular weight excluding hydrogens is 288 g/mol. The molecule has 1 heterocycles. The van der Waals surface area contributed by atoms with Crippen molar-refractivity contribution in [3.8, 4) is 11.1 Å². The zero-order valence-electron chi connectivity index (χ0n) is 14.2. The van der Waals surface area contributed by atoms with E-state index >= 15 is 0 Å². The smallest absolute Gasteiger partial charge is 0.407 e. The van der Waals surface area contributed by atoms with E-state index in [0.29, 0.717) is 6.54 Å². The molecule has 2 rings (SSSR count). The molecule has 4 nitrogen and oxygen atoms in total. The van der Waals surface area contributed by atoms with E-state index in [1.165, 1.54) is 11.1 Å². The largest absolute Gasteiger partial charge is 0.444 e. The molecule has 0 atom stereocenters. The zero-order chi connectivity index (χ0) is 16.9. The van der Waals surface area contributed by atoms with Crippen molar-refractivity contribution in [1.29, 1.82) is 0 Å². The number of nitrogens with zero attached hydrogens (tertiary/aromatic N) is 1. The molecule has 0 saturated carbocycles. The van der Waals surface area contributed by atoms with E-state index in [-0.39, 0.29) is 0 Å². The fourth-order valence-electron chi connectivity index (χ4n) is 2.33. The van der Waals surface area contributed by atoms with Crippen molar-refractivity contribution in [3.05, 3.63) is 53.9 Å². The van der Waals surface area contributed by atoms with Crippen LogP contribution in [0.25, 0.3) is 11.1 Å². The molecular formula is C19H24N2O2. The molecule has 1 N–H and O–H groups in total. The summed E-state index contributed by atoms with van der Waals surface area (Å²) in [6.07, 6.45) is 2.32. The molecule has 0 unspecified atom stereocenters. The van der Waals surface area contributed by atoms with Gasteiger partial charge in [0.15, 0.2) is 0 Å². The van der Waals surface area contributed by atoms with E-state index in [1.54, 1.807) is 6.20 Å². The third kappa shape index (κ3) is 5.09. The van der Waals surface area contributed by atoms with Crippen LogP contribution in [0.4, 0.5) is 4.79 Å². The number of ether oxygens (including phenoxy) is 1. The molecule has 0 radical (unpaired) electrons. The molecule has 2 aromatic rings. The molecule has 0 saturated heterocycles. The highest BCUT2D eigenvalue weighted by Crippen LogP contribution is 2.24. The second kappa shape index (κ2) is 7.27. The number of carbonyl (C=O) groups excluding carboxylic acids is 1. The number of carbonyl (C=O) groups is 1. The highest BCUT2D eigenvalue weighted by Gasteiger charge is 2.15. The molecule has 0 aliphatic carbocycles. The predicted molar refractivity (Wildman–Crippen MR) is 92.1 cm³/mol. The highest BCUT2D eigenvalue weighted by molar-refractivity contribution is 5.69. The second-order valence-electron chi connectivity index (χ2n) is 6.40. The Morgan fingerprint density at radius 1 is 1.22 bits per heavy atom. The monoisotopic (exact) mass is 312 g/mol. The summed E-state index contributed by atoms with van der Waals surface area (Å²) in [6.45, 7) is 8.01. The first-order valence-electron chi connectivity index (χ1n) is 7.89. The summed E-state index contributed by atoms with van der Waals surface area (Å²) >= 11 is 0. The number of nitrogens with one attached hydrogen (secondary N) is 1. The molecule has 0 aliphatic rings. The molecule has 1 aromatic heterocycles. The van der Waals surface area contributed by atoms with Crippen molar-refractivity contribution in [2.75, 3.05) is 0 Å². The van der Waals surface area contributed by atoms with Crippen molar-refractivity contribution in [1.82, 2.24) is 10.3 Å². The van der Waals surface area contributed by atoms with E-state index in [0.717, 1.165) is 17.7 Å². The van der Waals surface area contributed by atoms with E-state index in [9.17, 15) is 4.79 Å². The number of pyridine rings is 1. The maximum Gasteiger partial charge on any atom is 0.407 e. The van der Waals surface area contributed by atoms with Crippen LogP contribution in [0.3, 0.4) is 0 Å². The van der Waals surface area contributed by atoms with Crippen LogP contribution in [0.15, 0.2) is 42.6 Å². The van der Waals surface area contributed by atoms with E-state index in [1.807, 2.05) is 39.0 Å².